The second-order valence-electron chi connectivity index (χ2n) is 5.48. The minimum absolute atomic E-state index is 0.0654. The van der Waals surface area contributed by atoms with E-state index < -0.39 is 12.1 Å². The number of carbonyl (C=O) groups excluding carboxylic acids is 1. The van der Waals surface area contributed by atoms with Crippen LogP contribution in [0.15, 0.2) is 29.1 Å². The second kappa shape index (κ2) is 6.09. The zero-order valence-electron chi connectivity index (χ0n) is 13.4. The van der Waals surface area contributed by atoms with Gasteiger partial charge in [-0.15, -0.1) is 11.3 Å². The highest BCUT2D eigenvalue weighted by Crippen LogP contribution is 2.27. The van der Waals surface area contributed by atoms with Crippen molar-refractivity contribution in [2.24, 2.45) is 0 Å². The van der Waals surface area contributed by atoms with Crippen molar-refractivity contribution in [3.63, 3.8) is 0 Å². The molecule has 124 valence electrons. The lowest BCUT2D eigenvalue weighted by Crippen LogP contribution is -2.17. The van der Waals surface area contributed by atoms with Crippen LogP contribution in [-0.2, 0) is 4.74 Å². The number of hydrogen-bond acceptors (Lipinski definition) is 6. The molecule has 2 aromatic heterocycles. The fraction of sp³-hybridized carbons (Fsp3) is 0.235. The summed E-state index contributed by atoms with van der Waals surface area (Å²) in [5.41, 5.74) is 0.729. The fourth-order valence-electron chi connectivity index (χ4n) is 2.39. The lowest BCUT2D eigenvalue weighted by Gasteiger charge is -2.13. The van der Waals surface area contributed by atoms with E-state index >= 15 is 0 Å². The topological polar surface area (TPSA) is 92.3 Å². The fourth-order valence-corrected chi connectivity index (χ4v) is 3.43. The number of aromatic nitrogens is 2. The number of fused-ring (bicyclic) bond motifs is 1. The normalized spacial score (nSPS) is 12.3. The van der Waals surface area contributed by atoms with Crippen molar-refractivity contribution >= 4 is 27.5 Å². The molecule has 0 aliphatic rings. The number of nitrogens with one attached hydrogen (secondary N) is 1. The van der Waals surface area contributed by atoms with Gasteiger partial charge in [0.15, 0.2) is 11.9 Å². The van der Waals surface area contributed by atoms with E-state index in [9.17, 15) is 14.7 Å². The number of aromatic hydroxyl groups is 1. The molecular weight excluding hydrogens is 328 g/mol. The molecule has 0 amide bonds. The van der Waals surface area contributed by atoms with Crippen molar-refractivity contribution in [3.05, 3.63) is 56.4 Å². The molecule has 0 fully saturated rings. The molecule has 2 N–H and O–H groups in total. The summed E-state index contributed by atoms with van der Waals surface area (Å²) in [5, 5.41) is 10.3. The Kier molecular flexibility index (Phi) is 4.11. The molecule has 0 bridgehead atoms. The Bertz CT molecular complexity index is 990. The van der Waals surface area contributed by atoms with Gasteiger partial charge < -0.3 is 14.8 Å². The first kappa shape index (κ1) is 16.2. The Hall–Kier alpha value is -2.67. The lowest BCUT2D eigenvalue weighted by molar-refractivity contribution is 0.0317. The minimum atomic E-state index is -0.753. The SMILES string of the molecule is Cc1sc2nc([C@H](C)OC(=O)c3ccccc3O)[nH]c(=O)c2c1C. The third kappa shape index (κ3) is 2.78. The molecule has 0 saturated heterocycles. The molecular formula is C17H16N2O4S. The zero-order chi connectivity index (χ0) is 17.4. The van der Waals surface area contributed by atoms with Crippen LogP contribution >= 0.6 is 11.3 Å². The number of H-pyrrole nitrogens is 1. The molecule has 0 spiro atoms. The van der Waals surface area contributed by atoms with E-state index in [0.717, 1.165) is 10.4 Å². The summed E-state index contributed by atoms with van der Waals surface area (Å²) in [7, 11) is 0. The maximum Gasteiger partial charge on any atom is 0.342 e. The van der Waals surface area contributed by atoms with Gasteiger partial charge in [-0.25, -0.2) is 9.78 Å². The van der Waals surface area contributed by atoms with Crippen LogP contribution in [0.1, 0.15) is 39.7 Å². The van der Waals surface area contributed by atoms with Crippen molar-refractivity contribution in [2.75, 3.05) is 0 Å². The van der Waals surface area contributed by atoms with E-state index in [1.54, 1.807) is 19.1 Å². The van der Waals surface area contributed by atoms with Crippen molar-refractivity contribution < 1.29 is 14.6 Å². The Morgan fingerprint density at radius 3 is 2.75 bits per heavy atom. The van der Waals surface area contributed by atoms with Gasteiger partial charge in [0.1, 0.15) is 16.1 Å². The monoisotopic (exact) mass is 344 g/mol. The number of phenolic OH excluding ortho intramolecular Hbond substituents is 1. The average molecular weight is 344 g/mol. The quantitative estimate of drug-likeness (QED) is 0.712. The molecule has 3 aromatic rings. The zero-order valence-corrected chi connectivity index (χ0v) is 14.2. The average Bonchev–Trinajstić information content (AvgIpc) is 2.82. The number of nitrogens with zero attached hydrogens (tertiary/aromatic N) is 1. The summed E-state index contributed by atoms with van der Waals surface area (Å²) in [4.78, 5) is 33.2. The number of thiophene rings is 1. The van der Waals surface area contributed by atoms with Crippen LogP contribution in [0.25, 0.3) is 10.2 Å². The van der Waals surface area contributed by atoms with E-state index in [4.69, 9.17) is 4.74 Å². The first-order valence-corrected chi connectivity index (χ1v) is 8.19. The van der Waals surface area contributed by atoms with Gasteiger partial charge in [0, 0.05) is 4.88 Å². The van der Waals surface area contributed by atoms with Crippen LogP contribution in [0.2, 0.25) is 0 Å². The molecule has 0 aliphatic carbocycles. The highest BCUT2D eigenvalue weighted by atomic mass is 32.1. The standard InChI is InChI=1S/C17H16N2O4S/c1-8-10(3)24-16-13(8)15(21)18-14(19-16)9(2)23-17(22)11-6-4-5-7-12(11)20/h4-7,9,20H,1-3H3,(H,18,19,21)/t9-/m0/s1. The van der Waals surface area contributed by atoms with Gasteiger partial charge in [-0.05, 0) is 38.5 Å². The van der Waals surface area contributed by atoms with Gasteiger partial charge in [0.25, 0.3) is 5.56 Å². The molecule has 0 unspecified atom stereocenters. The summed E-state index contributed by atoms with van der Waals surface area (Å²) in [5.74, 6) is -0.560. The maximum atomic E-state index is 12.3. The number of aryl methyl sites for hydroxylation is 2. The van der Waals surface area contributed by atoms with Crippen LogP contribution in [-0.4, -0.2) is 21.0 Å². The van der Waals surface area contributed by atoms with E-state index in [1.165, 1.54) is 23.5 Å². The van der Waals surface area contributed by atoms with Crippen LogP contribution in [0.5, 0.6) is 5.75 Å². The first-order chi connectivity index (χ1) is 11.4. The number of aromatic amines is 1. The molecule has 0 aliphatic heterocycles. The Morgan fingerprint density at radius 1 is 1.33 bits per heavy atom. The Morgan fingerprint density at radius 2 is 2.04 bits per heavy atom. The number of hydrogen-bond donors (Lipinski definition) is 2. The first-order valence-electron chi connectivity index (χ1n) is 7.37. The second-order valence-corrected chi connectivity index (χ2v) is 6.68. The highest BCUT2D eigenvalue weighted by molar-refractivity contribution is 7.18. The van der Waals surface area contributed by atoms with E-state index in [1.807, 2.05) is 13.8 Å². The van der Waals surface area contributed by atoms with Gasteiger partial charge in [0.05, 0.1) is 5.39 Å². The van der Waals surface area contributed by atoms with Crippen LogP contribution in [0.3, 0.4) is 0 Å². The minimum Gasteiger partial charge on any atom is -0.507 e. The Labute approximate surface area is 141 Å². The predicted octanol–water partition coefficient (Wildman–Crippen LogP) is 3.23. The molecule has 1 aromatic carbocycles. The number of rotatable bonds is 3. The summed E-state index contributed by atoms with van der Waals surface area (Å²) in [6, 6.07) is 6.12. The van der Waals surface area contributed by atoms with E-state index in [-0.39, 0.29) is 22.7 Å². The summed E-state index contributed by atoms with van der Waals surface area (Å²) in [6.45, 7) is 5.43. The van der Waals surface area contributed by atoms with Gasteiger partial charge in [-0.3, -0.25) is 4.79 Å². The third-order valence-electron chi connectivity index (χ3n) is 3.85. The molecule has 0 saturated carbocycles. The molecule has 1 atom stereocenters. The molecule has 7 heteroatoms. The van der Waals surface area contributed by atoms with Crippen LogP contribution < -0.4 is 5.56 Å². The van der Waals surface area contributed by atoms with Gasteiger partial charge in [-0.1, -0.05) is 12.1 Å². The van der Waals surface area contributed by atoms with Crippen molar-refractivity contribution in [1.82, 2.24) is 9.97 Å². The highest BCUT2D eigenvalue weighted by Gasteiger charge is 2.20. The number of ether oxygens (including phenoxy) is 1. The van der Waals surface area contributed by atoms with E-state index in [0.29, 0.717) is 10.2 Å². The smallest absolute Gasteiger partial charge is 0.342 e. The number of benzene rings is 1. The molecule has 0 radical (unpaired) electrons. The van der Waals surface area contributed by atoms with Crippen molar-refractivity contribution in [3.8, 4) is 5.75 Å². The number of para-hydroxylation sites is 1. The number of esters is 1. The van der Waals surface area contributed by atoms with Crippen molar-refractivity contribution in [2.45, 2.75) is 26.9 Å². The van der Waals surface area contributed by atoms with E-state index in [2.05, 4.69) is 9.97 Å². The van der Waals surface area contributed by atoms with Crippen LogP contribution in [0.4, 0.5) is 0 Å². The third-order valence-corrected chi connectivity index (χ3v) is 4.95. The number of carbonyl (C=O) groups is 1. The largest absolute Gasteiger partial charge is 0.507 e. The molecule has 6 nitrogen and oxygen atoms in total. The molecule has 3 rings (SSSR count). The molecule has 24 heavy (non-hydrogen) atoms. The van der Waals surface area contributed by atoms with Crippen LogP contribution in [0, 0.1) is 13.8 Å². The van der Waals surface area contributed by atoms with Gasteiger partial charge >= 0.3 is 5.97 Å². The predicted molar refractivity (Wildman–Crippen MR) is 91.7 cm³/mol. The lowest BCUT2D eigenvalue weighted by atomic mass is 10.2. The number of phenols is 1. The summed E-state index contributed by atoms with van der Waals surface area (Å²) < 4.78 is 5.32. The Balaban J connectivity index is 1.92. The maximum absolute atomic E-state index is 12.3. The van der Waals surface area contributed by atoms with Crippen molar-refractivity contribution in [1.29, 1.82) is 0 Å². The molecule has 2 heterocycles. The summed E-state index contributed by atoms with van der Waals surface area (Å²) >= 11 is 1.43. The van der Waals surface area contributed by atoms with Gasteiger partial charge in [-0.2, -0.15) is 0 Å². The summed E-state index contributed by atoms with van der Waals surface area (Å²) in [6.07, 6.45) is -0.753. The van der Waals surface area contributed by atoms with Gasteiger partial charge in [0.2, 0.25) is 0 Å².